The van der Waals surface area contributed by atoms with E-state index in [2.05, 4.69) is 5.32 Å². The van der Waals surface area contributed by atoms with Gasteiger partial charge in [-0.15, -0.1) is 0 Å². The average molecular weight is 360 g/mol. The maximum Gasteiger partial charge on any atom is 0.335 e. The number of hydrogen-bond donors (Lipinski definition) is 1. The maximum atomic E-state index is 13.0. The first-order chi connectivity index (χ1) is 12.3. The van der Waals surface area contributed by atoms with Crippen LogP contribution in [0.15, 0.2) is 35.4 Å². The standard InChI is InChI=1S/C19H21FN2O4/c1-12-16(17(24)21-11-14-3-5-15(20)6-4-14)19(26-18(12)25)7-9-22(10-8-19)13(2)23/h3-6H,7-11H2,1-2H3,(H,21,24). The minimum absolute atomic E-state index is 0.0350. The van der Waals surface area contributed by atoms with Gasteiger partial charge in [-0.3, -0.25) is 9.59 Å². The second kappa shape index (κ2) is 6.90. The predicted molar refractivity (Wildman–Crippen MR) is 91.3 cm³/mol. The molecular weight excluding hydrogens is 339 g/mol. The van der Waals surface area contributed by atoms with Gasteiger partial charge in [0.2, 0.25) is 5.91 Å². The second-order valence-electron chi connectivity index (χ2n) is 6.70. The Morgan fingerprint density at radius 2 is 1.85 bits per heavy atom. The molecule has 6 nitrogen and oxygen atoms in total. The molecule has 1 aromatic carbocycles. The summed E-state index contributed by atoms with van der Waals surface area (Å²) in [6.45, 7) is 4.17. The van der Waals surface area contributed by atoms with Crippen LogP contribution in [0.1, 0.15) is 32.3 Å². The molecular formula is C19H21FN2O4. The summed E-state index contributed by atoms with van der Waals surface area (Å²) in [6.07, 6.45) is 0.796. The largest absolute Gasteiger partial charge is 0.450 e. The molecule has 7 heteroatoms. The fourth-order valence-corrected chi connectivity index (χ4v) is 3.53. The number of ether oxygens (including phenoxy) is 1. The van der Waals surface area contributed by atoms with E-state index in [4.69, 9.17) is 4.74 Å². The van der Waals surface area contributed by atoms with Crippen LogP contribution in [0.2, 0.25) is 0 Å². The van der Waals surface area contributed by atoms with Crippen molar-refractivity contribution in [1.29, 1.82) is 0 Å². The van der Waals surface area contributed by atoms with Crippen LogP contribution in [0.4, 0.5) is 4.39 Å². The molecule has 2 heterocycles. The molecule has 0 bridgehead atoms. The van der Waals surface area contributed by atoms with E-state index in [1.807, 2.05) is 0 Å². The summed E-state index contributed by atoms with van der Waals surface area (Å²) >= 11 is 0. The first kappa shape index (κ1) is 18.1. The zero-order valence-electron chi connectivity index (χ0n) is 14.8. The van der Waals surface area contributed by atoms with Crippen molar-refractivity contribution in [2.45, 2.75) is 38.8 Å². The Balaban J connectivity index is 1.75. The lowest BCUT2D eigenvalue weighted by Crippen LogP contribution is -2.49. The Morgan fingerprint density at radius 3 is 2.42 bits per heavy atom. The number of esters is 1. The van der Waals surface area contributed by atoms with Crippen LogP contribution >= 0.6 is 0 Å². The number of halogens is 1. The lowest BCUT2D eigenvalue weighted by molar-refractivity contribution is -0.152. The predicted octanol–water partition coefficient (Wildman–Crippen LogP) is 1.70. The van der Waals surface area contributed by atoms with Gasteiger partial charge in [-0.2, -0.15) is 0 Å². The number of nitrogens with zero attached hydrogens (tertiary/aromatic N) is 1. The normalized spacial score (nSPS) is 18.9. The fraction of sp³-hybridized carbons (Fsp3) is 0.421. The van der Waals surface area contributed by atoms with Crippen molar-refractivity contribution in [1.82, 2.24) is 10.2 Å². The van der Waals surface area contributed by atoms with E-state index in [-0.39, 0.29) is 24.2 Å². The summed E-state index contributed by atoms with van der Waals surface area (Å²) in [6, 6.07) is 5.84. The van der Waals surface area contributed by atoms with Crippen molar-refractivity contribution in [3.8, 4) is 0 Å². The number of piperidine rings is 1. The molecule has 2 aliphatic heterocycles. The highest BCUT2D eigenvalue weighted by atomic mass is 19.1. The molecule has 3 rings (SSSR count). The van der Waals surface area contributed by atoms with E-state index in [0.29, 0.717) is 37.1 Å². The molecule has 0 unspecified atom stereocenters. The van der Waals surface area contributed by atoms with Gasteiger partial charge in [-0.05, 0) is 24.6 Å². The number of carbonyl (C=O) groups excluding carboxylic acids is 3. The number of nitrogens with one attached hydrogen (secondary N) is 1. The number of benzene rings is 1. The van der Waals surface area contributed by atoms with E-state index in [9.17, 15) is 18.8 Å². The van der Waals surface area contributed by atoms with Crippen molar-refractivity contribution in [2.24, 2.45) is 0 Å². The van der Waals surface area contributed by atoms with Gasteiger partial charge in [0.1, 0.15) is 11.4 Å². The van der Waals surface area contributed by atoms with Crippen molar-refractivity contribution in [3.63, 3.8) is 0 Å². The highest BCUT2D eigenvalue weighted by Gasteiger charge is 2.50. The Bertz CT molecular complexity index is 777. The van der Waals surface area contributed by atoms with Crippen LogP contribution in [-0.2, 0) is 25.7 Å². The van der Waals surface area contributed by atoms with Gasteiger partial charge in [0.15, 0.2) is 0 Å². The summed E-state index contributed by atoms with van der Waals surface area (Å²) in [5, 5.41) is 2.78. The molecule has 1 fully saturated rings. The lowest BCUT2D eigenvalue weighted by atomic mass is 9.82. The highest BCUT2D eigenvalue weighted by molar-refractivity contribution is 6.07. The number of hydrogen-bond acceptors (Lipinski definition) is 4. The number of amides is 2. The van der Waals surface area contributed by atoms with Crippen molar-refractivity contribution >= 4 is 17.8 Å². The summed E-state index contributed by atoms with van der Waals surface area (Å²) < 4.78 is 18.5. The lowest BCUT2D eigenvalue weighted by Gasteiger charge is -2.39. The molecule has 1 aromatic rings. The van der Waals surface area contributed by atoms with Crippen molar-refractivity contribution < 1.29 is 23.5 Å². The van der Waals surface area contributed by atoms with Gasteiger partial charge in [0.25, 0.3) is 5.91 Å². The first-order valence-electron chi connectivity index (χ1n) is 8.55. The SMILES string of the molecule is CC(=O)N1CCC2(CC1)OC(=O)C(C)=C2C(=O)NCc1ccc(F)cc1. The summed E-state index contributed by atoms with van der Waals surface area (Å²) in [7, 11) is 0. The van der Waals surface area contributed by atoms with Crippen molar-refractivity contribution in [3.05, 3.63) is 46.8 Å². The van der Waals surface area contributed by atoms with Gasteiger partial charge < -0.3 is 15.0 Å². The number of likely N-dealkylation sites (tertiary alicyclic amines) is 1. The molecule has 1 N–H and O–H groups in total. The summed E-state index contributed by atoms with van der Waals surface area (Å²) in [5.74, 6) is -1.24. The molecule has 0 radical (unpaired) electrons. The quantitative estimate of drug-likeness (QED) is 0.833. The van der Waals surface area contributed by atoms with Crippen LogP contribution in [0, 0.1) is 5.82 Å². The fourth-order valence-electron chi connectivity index (χ4n) is 3.53. The smallest absolute Gasteiger partial charge is 0.335 e. The number of rotatable bonds is 3. The second-order valence-corrected chi connectivity index (χ2v) is 6.70. The first-order valence-corrected chi connectivity index (χ1v) is 8.55. The van der Waals surface area contributed by atoms with E-state index in [0.717, 1.165) is 5.56 Å². The van der Waals surface area contributed by atoms with Crippen LogP contribution in [0.5, 0.6) is 0 Å². The Kier molecular flexibility index (Phi) is 4.80. The Morgan fingerprint density at radius 1 is 1.23 bits per heavy atom. The van der Waals surface area contributed by atoms with Crippen molar-refractivity contribution in [2.75, 3.05) is 13.1 Å². The molecule has 138 valence electrons. The maximum absolute atomic E-state index is 13.0. The van der Waals surface area contributed by atoms with E-state index in [1.54, 1.807) is 24.0 Å². The molecule has 0 atom stereocenters. The highest BCUT2D eigenvalue weighted by Crippen LogP contribution is 2.41. The summed E-state index contributed by atoms with van der Waals surface area (Å²) in [5.41, 5.74) is 0.425. The van der Waals surface area contributed by atoms with Crippen LogP contribution in [0.25, 0.3) is 0 Å². The van der Waals surface area contributed by atoms with E-state index >= 15 is 0 Å². The third-order valence-electron chi connectivity index (χ3n) is 5.03. The molecule has 0 aromatic heterocycles. The third-order valence-corrected chi connectivity index (χ3v) is 5.03. The van der Waals surface area contributed by atoms with E-state index < -0.39 is 11.6 Å². The van der Waals surface area contributed by atoms with Crippen LogP contribution in [0.3, 0.4) is 0 Å². The van der Waals surface area contributed by atoms with Crippen LogP contribution in [-0.4, -0.2) is 41.4 Å². The zero-order valence-corrected chi connectivity index (χ0v) is 14.8. The third kappa shape index (κ3) is 3.34. The molecule has 0 aliphatic carbocycles. The molecule has 1 spiro atoms. The minimum atomic E-state index is -0.972. The molecule has 2 aliphatic rings. The molecule has 2 amide bonds. The average Bonchev–Trinajstić information content (AvgIpc) is 2.84. The van der Waals surface area contributed by atoms with Gasteiger partial charge in [0.05, 0.1) is 5.57 Å². The Hall–Kier alpha value is -2.70. The van der Waals surface area contributed by atoms with Gasteiger partial charge >= 0.3 is 5.97 Å². The van der Waals surface area contributed by atoms with E-state index in [1.165, 1.54) is 19.1 Å². The van der Waals surface area contributed by atoms with Gasteiger partial charge in [0, 0.05) is 45.0 Å². The number of carbonyl (C=O) groups is 3. The zero-order chi connectivity index (χ0) is 18.9. The van der Waals surface area contributed by atoms with Gasteiger partial charge in [-0.25, -0.2) is 9.18 Å². The van der Waals surface area contributed by atoms with Crippen LogP contribution < -0.4 is 5.32 Å². The topological polar surface area (TPSA) is 75.7 Å². The minimum Gasteiger partial charge on any atom is -0.450 e. The molecule has 1 saturated heterocycles. The molecule has 26 heavy (non-hydrogen) atoms. The molecule has 0 saturated carbocycles. The Labute approximate surface area is 151 Å². The summed E-state index contributed by atoms with van der Waals surface area (Å²) in [4.78, 5) is 38.1. The van der Waals surface area contributed by atoms with Gasteiger partial charge in [-0.1, -0.05) is 12.1 Å². The monoisotopic (exact) mass is 360 g/mol.